The van der Waals surface area contributed by atoms with Crippen molar-refractivity contribution >= 4 is 23.4 Å². The summed E-state index contributed by atoms with van der Waals surface area (Å²) >= 11 is 0. The number of ether oxygens (including phenoxy) is 2. The summed E-state index contributed by atoms with van der Waals surface area (Å²) in [5, 5.41) is 2.63. The Morgan fingerprint density at radius 1 is 1.34 bits per heavy atom. The molecule has 4 aliphatic carbocycles. The van der Waals surface area contributed by atoms with Crippen molar-refractivity contribution in [2.45, 2.75) is 94.9 Å². The smallest absolute Gasteiger partial charge is 0.329 e. The van der Waals surface area contributed by atoms with E-state index in [1.807, 2.05) is 6.92 Å². The zero-order valence-corrected chi connectivity index (χ0v) is 23.7. The van der Waals surface area contributed by atoms with E-state index in [1.165, 1.54) is 32.3 Å². The number of allylic oxidation sites excluding steroid dienone is 4. The van der Waals surface area contributed by atoms with E-state index in [9.17, 15) is 19.2 Å². The Balaban J connectivity index is 1.40. The fraction of sp³-hybridized carbons (Fsp3) is 0.633. The molecule has 4 fully saturated rings. The maximum atomic E-state index is 18.3. The lowest BCUT2D eigenvalue weighted by molar-refractivity contribution is -0.208. The van der Waals surface area contributed by atoms with E-state index in [1.54, 1.807) is 19.2 Å². The molecule has 2 heterocycles. The number of carbonyl (C=O) groups is 4. The fourth-order valence-electron chi connectivity index (χ4n) is 8.62. The van der Waals surface area contributed by atoms with Crippen molar-refractivity contribution in [3.05, 3.63) is 42.0 Å². The normalized spacial score (nSPS) is 41.6. The van der Waals surface area contributed by atoms with E-state index in [0.717, 1.165) is 0 Å². The van der Waals surface area contributed by atoms with E-state index >= 15 is 4.39 Å². The van der Waals surface area contributed by atoms with Gasteiger partial charge in [-0.05, 0) is 64.0 Å². The quantitative estimate of drug-likeness (QED) is 0.333. The van der Waals surface area contributed by atoms with Gasteiger partial charge in [0, 0.05) is 30.4 Å². The molecule has 5 aliphatic rings. The Hall–Kier alpha value is -3.18. The predicted octanol–water partition coefficient (Wildman–Crippen LogP) is 2.04. The third-order valence-electron chi connectivity index (χ3n) is 10.6. The maximum Gasteiger partial charge on any atom is 0.329 e. The van der Waals surface area contributed by atoms with Crippen molar-refractivity contribution in [1.29, 1.82) is 0 Å². The number of H-pyrrole nitrogens is 1. The van der Waals surface area contributed by atoms with Crippen molar-refractivity contribution in [3.63, 3.8) is 0 Å². The number of hydrogen-bond acceptors (Lipinski definition) is 8. The van der Waals surface area contributed by atoms with Crippen molar-refractivity contribution in [1.82, 2.24) is 15.3 Å². The van der Waals surface area contributed by atoms with Gasteiger partial charge in [0.1, 0.15) is 17.7 Å². The number of fused-ring (bicyclic) bond motifs is 4. The minimum Gasteiger partial charge on any atom is -0.457 e. The summed E-state index contributed by atoms with van der Waals surface area (Å²) in [7, 11) is 0. The summed E-state index contributed by atoms with van der Waals surface area (Å²) in [6.45, 7) is 6.75. The summed E-state index contributed by atoms with van der Waals surface area (Å²) in [5.74, 6) is -2.62. The van der Waals surface area contributed by atoms with Crippen LogP contribution in [0, 0.1) is 23.2 Å². The average Bonchev–Trinajstić information content (AvgIpc) is 3.17. The van der Waals surface area contributed by atoms with Gasteiger partial charge in [-0.1, -0.05) is 18.6 Å². The number of hydrogen-bond donors (Lipinski definition) is 3. The number of alkyl halides is 1. The SMILES string of the molecule is CC(=O)[C@@]12CC[C@H]3[C@@H]4C[C@H](C)C5=CC(=O)C=C[C@]5(C)[C@@]4(F)[C@@H](OC(=O)C(Cc4c[nH]cn4)NC(=O)C(C)N)C[C@@]31O2. The number of nitrogens with one attached hydrogen (secondary N) is 2. The molecule has 4 N–H and O–H groups in total. The Morgan fingerprint density at radius 2 is 2.10 bits per heavy atom. The Kier molecular flexibility index (Phi) is 6.25. The second-order valence-corrected chi connectivity index (χ2v) is 12.8. The van der Waals surface area contributed by atoms with Gasteiger partial charge in [0.05, 0.1) is 18.1 Å². The highest BCUT2D eigenvalue weighted by molar-refractivity contribution is 6.01. The van der Waals surface area contributed by atoms with Gasteiger partial charge in [-0.25, -0.2) is 14.2 Å². The number of Topliss-reactive ketones (excluding diaryl/α,β-unsaturated/α-hetero) is 1. The summed E-state index contributed by atoms with van der Waals surface area (Å²) in [6.07, 6.45) is 7.82. The van der Waals surface area contributed by atoms with Crippen molar-refractivity contribution in [2.24, 2.45) is 28.9 Å². The van der Waals surface area contributed by atoms with Crippen LogP contribution in [0.25, 0.3) is 0 Å². The van der Waals surface area contributed by atoms with Crippen LogP contribution in [0.5, 0.6) is 0 Å². The van der Waals surface area contributed by atoms with Crippen LogP contribution in [-0.4, -0.2) is 68.5 Å². The largest absolute Gasteiger partial charge is 0.457 e. The first-order valence-corrected chi connectivity index (χ1v) is 14.4. The molecule has 3 saturated carbocycles. The Labute approximate surface area is 237 Å². The molecule has 0 bridgehead atoms. The molecule has 1 amide bonds. The first-order chi connectivity index (χ1) is 19.3. The number of aromatic nitrogens is 2. The number of epoxide rings is 1. The van der Waals surface area contributed by atoms with Crippen LogP contribution in [0.4, 0.5) is 4.39 Å². The number of nitrogens with zero attached hydrogens (tertiary/aromatic N) is 1. The van der Waals surface area contributed by atoms with Gasteiger partial charge in [0.2, 0.25) is 5.91 Å². The molecule has 1 aliphatic heterocycles. The average molecular weight is 569 g/mol. The van der Waals surface area contributed by atoms with Crippen LogP contribution in [-0.2, 0) is 35.1 Å². The van der Waals surface area contributed by atoms with Crippen molar-refractivity contribution < 1.29 is 33.0 Å². The number of ketones is 2. The first-order valence-electron chi connectivity index (χ1n) is 14.4. The number of aromatic amines is 1. The number of carbonyl (C=O) groups excluding carboxylic acids is 4. The summed E-state index contributed by atoms with van der Waals surface area (Å²) in [4.78, 5) is 58.6. The second kappa shape index (κ2) is 9.16. The van der Waals surface area contributed by atoms with E-state index < -0.39 is 58.3 Å². The highest BCUT2D eigenvalue weighted by Crippen LogP contribution is 2.75. The molecule has 1 saturated heterocycles. The van der Waals surface area contributed by atoms with Crippen LogP contribution >= 0.6 is 0 Å². The summed E-state index contributed by atoms with van der Waals surface area (Å²) < 4.78 is 30.7. The molecular formula is C30H37FN4O6. The van der Waals surface area contributed by atoms with Gasteiger partial charge in [0.15, 0.2) is 22.8 Å². The number of nitrogens with two attached hydrogens (primary N) is 1. The molecule has 1 aromatic heterocycles. The van der Waals surface area contributed by atoms with Crippen molar-refractivity contribution in [2.75, 3.05) is 0 Å². The summed E-state index contributed by atoms with van der Waals surface area (Å²) in [6, 6.07) is -2.06. The Bertz CT molecular complexity index is 1370. The number of halogens is 1. The lowest BCUT2D eigenvalue weighted by Gasteiger charge is -2.61. The molecular weight excluding hydrogens is 531 g/mol. The molecule has 2 unspecified atom stereocenters. The van der Waals surface area contributed by atoms with Crippen molar-refractivity contribution in [3.8, 4) is 0 Å². The highest BCUT2D eigenvalue weighted by Gasteiger charge is 2.86. The van der Waals surface area contributed by atoms with Gasteiger partial charge in [-0.15, -0.1) is 0 Å². The monoisotopic (exact) mass is 568 g/mol. The topological polar surface area (TPSA) is 157 Å². The van der Waals surface area contributed by atoms with Gasteiger partial charge in [-0.2, -0.15) is 0 Å². The Morgan fingerprint density at radius 3 is 2.73 bits per heavy atom. The molecule has 0 radical (unpaired) electrons. The number of rotatable bonds is 7. The third kappa shape index (κ3) is 3.77. The molecule has 220 valence electrons. The van der Waals surface area contributed by atoms with Gasteiger partial charge < -0.3 is 25.5 Å². The minimum absolute atomic E-state index is 0.00534. The number of amides is 1. The summed E-state index contributed by atoms with van der Waals surface area (Å²) in [5.41, 5.74) is 1.70. The molecule has 1 spiro atoms. The van der Waals surface area contributed by atoms with Crippen LogP contribution in [0.3, 0.4) is 0 Å². The van der Waals surface area contributed by atoms with E-state index in [2.05, 4.69) is 15.3 Å². The van der Waals surface area contributed by atoms with Gasteiger partial charge in [-0.3, -0.25) is 14.4 Å². The van der Waals surface area contributed by atoms with E-state index in [-0.39, 0.29) is 36.2 Å². The minimum atomic E-state index is -2.09. The fourth-order valence-corrected chi connectivity index (χ4v) is 8.62. The number of imidazole rings is 1. The zero-order valence-electron chi connectivity index (χ0n) is 23.7. The van der Waals surface area contributed by atoms with Crippen LogP contribution < -0.4 is 11.1 Å². The van der Waals surface area contributed by atoms with Gasteiger partial charge in [0.25, 0.3) is 0 Å². The number of esters is 1. The van der Waals surface area contributed by atoms with Crippen LogP contribution in [0.2, 0.25) is 0 Å². The third-order valence-corrected chi connectivity index (χ3v) is 10.6. The standard InChI is InChI=1S/C30H37FN4O6/c1-15-9-22-20-6-8-28(17(3)36)29(20,41-28)12-24(30(22,31)27(4)7-5-19(37)11-21(15)27)40-26(39)23(35-25(38)16(2)32)10-18-13-33-14-34-18/h5,7,11,13-16,20,22-24H,6,8-10,12,32H2,1-4H3,(H,33,34)(H,35,38)/t15-,16?,20-,22-,23?,24-,27-,28-,29+,30-/m0/s1. The molecule has 11 heteroatoms. The van der Waals surface area contributed by atoms with Crippen LogP contribution in [0.15, 0.2) is 36.3 Å². The van der Waals surface area contributed by atoms with Gasteiger partial charge >= 0.3 is 5.97 Å². The molecule has 6 rings (SSSR count). The van der Waals surface area contributed by atoms with Crippen LogP contribution in [0.1, 0.15) is 59.1 Å². The van der Waals surface area contributed by atoms with E-state index in [0.29, 0.717) is 30.5 Å². The second-order valence-electron chi connectivity index (χ2n) is 12.8. The molecule has 10 atom stereocenters. The lowest BCUT2D eigenvalue weighted by Crippen LogP contribution is -2.69. The zero-order chi connectivity index (χ0) is 29.5. The molecule has 41 heavy (non-hydrogen) atoms. The molecule has 10 nitrogen and oxygen atoms in total. The highest BCUT2D eigenvalue weighted by atomic mass is 19.1. The first kappa shape index (κ1) is 28.0. The maximum absolute atomic E-state index is 18.3. The van der Waals surface area contributed by atoms with E-state index in [4.69, 9.17) is 15.2 Å². The molecule has 1 aromatic rings. The molecule has 0 aromatic carbocycles. The lowest BCUT2D eigenvalue weighted by atomic mass is 9.46. The predicted molar refractivity (Wildman–Crippen MR) is 144 cm³/mol.